The van der Waals surface area contributed by atoms with Gasteiger partial charge in [-0.3, -0.25) is 25.7 Å². The van der Waals surface area contributed by atoms with Gasteiger partial charge in [0.15, 0.2) is 5.11 Å². The van der Waals surface area contributed by atoms with E-state index in [-0.39, 0.29) is 16.4 Å². The van der Waals surface area contributed by atoms with E-state index in [1.165, 1.54) is 6.07 Å². The molecular formula is C14H10BrN5O4S. The minimum atomic E-state index is -0.712. The highest BCUT2D eigenvalue weighted by Crippen LogP contribution is 2.28. The number of thiocarbonyl (C=S) groups is 1. The molecule has 0 saturated carbocycles. The second-order valence-electron chi connectivity index (χ2n) is 4.66. The Morgan fingerprint density at radius 2 is 1.88 bits per heavy atom. The van der Waals surface area contributed by atoms with Gasteiger partial charge in [0.2, 0.25) is 0 Å². The lowest BCUT2D eigenvalue weighted by atomic mass is 10.0. The van der Waals surface area contributed by atoms with Gasteiger partial charge in [-0.25, -0.2) is 0 Å². The standard InChI is InChI=1S/C14H10BrN5O4S/c15-9-3-1-2-8(6-9)13(17-18-14(16)25)11-5-4-10(19(21)22)7-12(11)20(23)24/h1-7H,(H3,16,18,25)/b17-13+. The van der Waals surface area contributed by atoms with Crippen molar-refractivity contribution in [3.63, 3.8) is 0 Å². The van der Waals surface area contributed by atoms with Crippen molar-refractivity contribution in [2.24, 2.45) is 10.8 Å². The highest BCUT2D eigenvalue weighted by Gasteiger charge is 2.24. The number of hydrogen-bond donors (Lipinski definition) is 2. The second-order valence-corrected chi connectivity index (χ2v) is 6.02. The molecular weight excluding hydrogens is 414 g/mol. The molecule has 0 aliphatic carbocycles. The average Bonchev–Trinajstić information content (AvgIpc) is 2.54. The molecule has 0 amide bonds. The van der Waals surface area contributed by atoms with Gasteiger partial charge < -0.3 is 5.73 Å². The summed E-state index contributed by atoms with van der Waals surface area (Å²) in [6, 6.07) is 10.2. The molecule has 0 unspecified atom stereocenters. The highest BCUT2D eigenvalue weighted by atomic mass is 79.9. The normalized spacial score (nSPS) is 11.0. The first-order valence-corrected chi connectivity index (χ1v) is 7.82. The number of hydrogen-bond acceptors (Lipinski definition) is 6. The van der Waals surface area contributed by atoms with Gasteiger partial charge >= 0.3 is 0 Å². The molecule has 3 N–H and O–H groups in total. The molecule has 0 atom stereocenters. The van der Waals surface area contributed by atoms with Gasteiger partial charge in [-0.2, -0.15) is 5.10 Å². The van der Waals surface area contributed by atoms with Gasteiger partial charge in [-0.05, 0) is 30.4 Å². The van der Waals surface area contributed by atoms with Gasteiger partial charge in [-0.1, -0.05) is 28.1 Å². The van der Waals surface area contributed by atoms with Crippen molar-refractivity contribution in [1.82, 2.24) is 5.43 Å². The largest absolute Gasteiger partial charge is 0.375 e. The fourth-order valence-corrected chi connectivity index (χ4v) is 2.46. The maximum Gasteiger partial charge on any atom is 0.285 e. The first-order chi connectivity index (χ1) is 11.8. The zero-order valence-electron chi connectivity index (χ0n) is 12.4. The molecule has 2 aromatic rings. The van der Waals surface area contributed by atoms with Crippen LogP contribution in [0.15, 0.2) is 52.0 Å². The Morgan fingerprint density at radius 3 is 2.44 bits per heavy atom. The number of nitro benzene ring substituents is 2. The summed E-state index contributed by atoms with van der Waals surface area (Å²) in [5, 5.41) is 26.2. The number of benzene rings is 2. The summed E-state index contributed by atoms with van der Waals surface area (Å²) in [7, 11) is 0. The lowest BCUT2D eigenvalue weighted by molar-refractivity contribution is -0.394. The van der Waals surface area contributed by atoms with Crippen LogP contribution in [0.25, 0.3) is 0 Å². The Kier molecular flexibility index (Phi) is 5.72. The van der Waals surface area contributed by atoms with Crippen LogP contribution in [0.4, 0.5) is 11.4 Å². The molecule has 0 aliphatic heterocycles. The lowest BCUT2D eigenvalue weighted by Gasteiger charge is -2.09. The predicted molar refractivity (Wildman–Crippen MR) is 99.5 cm³/mol. The summed E-state index contributed by atoms with van der Waals surface area (Å²) in [5.41, 5.74) is 7.67. The van der Waals surface area contributed by atoms with E-state index in [0.29, 0.717) is 5.56 Å². The van der Waals surface area contributed by atoms with Crippen LogP contribution < -0.4 is 11.2 Å². The lowest BCUT2D eigenvalue weighted by Crippen LogP contribution is -2.26. The first kappa shape index (κ1) is 18.4. The molecule has 2 aromatic carbocycles. The molecule has 25 heavy (non-hydrogen) atoms. The molecule has 0 aliphatic rings. The number of nitrogens with two attached hydrogens (primary N) is 1. The van der Waals surface area contributed by atoms with Crippen molar-refractivity contribution in [1.29, 1.82) is 0 Å². The number of rotatable bonds is 5. The van der Waals surface area contributed by atoms with Crippen molar-refractivity contribution in [3.8, 4) is 0 Å². The molecule has 128 valence electrons. The molecule has 0 heterocycles. The van der Waals surface area contributed by atoms with E-state index >= 15 is 0 Å². The van der Waals surface area contributed by atoms with Crippen molar-refractivity contribution >= 4 is 50.3 Å². The molecule has 0 aromatic heterocycles. The molecule has 0 saturated heterocycles. The van der Waals surface area contributed by atoms with Crippen molar-refractivity contribution in [2.45, 2.75) is 0 Å². The summed E-state index contributed by atoms with van der Waals surface area (Å²) in [6.07, 6.45) is 0. The van der Waals surface area contributed by atoms with Crippen LogP contribution >= 0.6 is 28.1 Å². The summed E-state index contributed by atoms with van der Waals surface area (Å²) in [5.74, 6) is 0. The van der Waals surface area contributed by atoms with E-state index in [0.717, 1.165) is 16.6 Å². The zero-order valence-corrected chi connectivity index (χ0v) is 14.8. The molecule has 0 radical (unpaired) electrons. The van der Waals surface area contributed by atoms with Crippen LogP contribution in [-0.2, 0) is 0 Å². The van der Waals surface area contributed by atoms with Gasteiger partial charge in [-0.15, -0.1) is 0 Å². The third-order valence-electron chi connectivity index (χ3n) is 3.02. The van der Waals surface area contributed by atoms with E-state index < -0.39 is 21.2 Å². The average molecular weight is 424 g/mol. The third-order valence-corrected chi connectivity index (χ3v) is 3.60. The molecule has 0 fully saturated rings. The third kappa shape index (κ3) is 4.55. The number of hydrazone groups is 1. The Labute approximate surface area is 155 Å². The molecule has 11 heteroatoms. The SMILES string of the molecule is NC(=S)N/N=C(\c1cccc(Br)c1)c1ccc([N+](=O)[O-])cc1[N+](=O)[O-]. The Balaban J connectivity index is 2.69. The van der Waals surface area contributed by atoms with E-state index in [4.69, 9.17) is 18.0 Å². The van der Waals surface area contributed by atoms with Gasteiger partial charge in [0.05, 0.1) is 21.5 Å². The second kappa shape index (κ2) is 7.77. The molecule has 0 bridgehead atoms. The number of non-ortho nitro benzene ring substituents is 1. The number of nitrogens with zero attached hydrogens (tertiary/aromatic N) is 3. The summed E-state index contributed by atoms with van der Waals surface area (Å²) in [6.45, 7) is 0. The Bertz CT molecular complexity index is 903. The smallest absolute Gasteiger partial charge is 0.285 e. The van der Waals surface area contributed by atoms with Gasteiger partial charge in [0.1, 0.15) is 5.71 Å². The Morgan fingerprint density at radius 1 is 1.16 bits per heavy atom. The van der Waals surface area contributed by atoms with Gasteiger partial charge in [0.25, 0.3) is 11.4 Å². The van der Waals surface area contributed by atoms with E-state index in [2.05, 4.69) is 26.5 Å². The number of nitrogens with one attached hydrogen (secondary N) is 1. The van der Waals surface area contributed by atoms with Crippen LogP contribution in [0.3, 0.4) is 0 Å². The first-order valence-electron chi connectivity index (χ1n) is 6.62. The van der Waals surface area contributed by atoms with Crippen LogP contribution in [0, 0.1) is 20.2 Å². The minimum absolute atomic E-state index is 0.0810. The van der Waals surface area contributed by atoms with E-state index in [9.17, 15) is 20.2 Å². The maximum atomic E-state index is 11.4. The highest BCUT2D eigenvalue weighted by molar-refractivity contribution is 9.10. The van der Waals surface area contributed by atoms with Crippen LogP contribution in [0.2, 0.25) is 0 Å². The van der Waals surface area contributed by atoms with Crippen LogP contribution in [0.1, 0.15) is 11.1 Å². The molecule has 9 nitrogen and oxygen atoms in total. The Hall–Kier alpha value is -2.92. The quantitative estimate of drug-likeness (QED) is 0.326. The van der Waals surface area contributed by atoms with Crippen LogP contribution in [0.5, 0.6) is 0 Å². The summed E-state index contributed by atoms with van der Waals surface area (Å²) in [4.78, 5) is 20.9. The zero-order chi connectivity index (χ0) is 18.6. The van der Waals surface area contributed by atoms with E-state index in [1.54, 1.807) is 24.3 Å². The van der Waals surface area contributed by atoms with Crippen molar-refractivity contribution in [2.75, 3.05) is 0 Å². The monoisotopic (exact) mass is 423 g/mol. The van der Waals surface area contributed by atoms with Gasteiger partial charge in [0, 0.05) is 16.1 Å². The topological polar surface area (TPSA) is 137 Å². The van der Waals surface area contributed by atoms with Crippen molar-refractivity contribution in [3.05, 3.63) is 78.3 Å². The minimum Gasteiger partial charge on any atom is -0.375 e. The van der Waals surface area contributed by atoms with E-state index in [1.807, 2.05) is 0 Å². The number of nitro groups is 2. The molecule has 2 rings (SSSR count). The predicted octanol–water partition coefficient (Wildman–Crippen LogP) is 2.85. The summed E-state index contributed by atoms with van der Waals surface area (Å²) >= 11 is 8.02. The molecule has 0 spiro atoms. The maximum absolute atomic E-state index is 11.4. The fraction of sp³-hybridized carbons (Fsp3) is 0. The van der Waals surface area contributed by atoms with Crippen molar-refractivity contribution < 1.29 is 9.85 Å². The van der Waals surface area contributed by atoms with Crippen LogP contribution in [-0.4, -0.2) is 20.7 Å². The summed E-state index contributed by atoms with van der Waals surface area (Å²) < 4.78 is 0.720. The number of halogens is 1. The fourth-order valence-electron chi connectivity index (χ4n) is 2.01.